The molecule has 0 saturated heterocycles. The number of hydrogen-bond acceptors (Lipinski definition) is 4. The van der Waals surface area contributed by atoms with E-state index in [1.54, 1.807) is 13.8 Å². The number of benzene rings is 2. The van der Waals surface area contributed by atoms with E-state index in [1.807, 2.05) is 0 Å². The Hall–Kier alpha value is -3.22. The Balaban J connectivity index is 2.17. The Morgan fingerprint density at radius 2 is 1.85 bits per heavy atom. The zero-order valence-electron chi connectivity index (χ0n) is 14.8. The van der Waals surface area contributed by atoms with Gasteiger partial charge in [0.15, 0.2) is 11.6 Å². The van der Waals surface area contributed by atoms with E-state index in [9.17, 15) is 23.5 Å². The summed E-state index contributed by atoms with van der Waals surface area (Å²) in [5.74, 6) is -3.24. The van der Waals surface area contributed by atoms with Crippen LogP contribution in [0.3, 0.4) is 0 Å². The standard InChI is InChI=1S/C20H17F2NO4/c1-3-27-19(25)10-14-11(2)23(18-7-5-13(24)9-15(14)18)20(26)12-4-6-16(21)17(22)8-12/h4-9,24H,3,10H2,1-2H3. The molecule has 0 saturated carbocycles. The highest BCUT2D eigenvalue weighted by Gasteiger charge is 2.22. The molecule has 0 fully saturated rings. The van der Waals surface area contributed by atoms with Gasteiger partial charge in [-0.05, 0) is 55.8 Å². The summed E-state index contributed by atoms with van der Waals surface area (Å²) in [4.78, 5) is 24.9. The maximum absolute atomic E-state index is 13.6. The van der Waals surface area contributed by atoms with Crippen molar-refractivity contribution in [1.29, 1.82) is 0 Å². The van der Waals surface area contributed by atoms with Crippen molar-refractivity contribution in [2.45, 2.75) is 20.3 Å². The molecule has 0 aliphatic rings. The van der Waals surface area contributed by atoms with Crippen LogP contribution < -0.4 is 0 Å². The summed E-state index contributed by atoms with van der Waals surface area (Å²) in [6, 6.07) is 7.29. The fourth-order valence-electron chi connectivity index (χ4n) is 3.07. The van der Waals surface area contributed by atoms with E-state index in [1.165, 1.54) is 28.8 Å². The van der Waals surface area contributed by atoms with E-state index in [0.717, 1.165) is 12.1 Å². The Kier molecular flexibility index (Phi) is 4.94. The van der Waals surface area contributed by atoms with E-state index in [0.29, 0.717) is 22.2 Å². The van der Waals surface area contributed by atoms with Crippen LogP contribution >= 0.6 is 0 Å². The molecule has 0 radical (unpaired) electrons. The SMILES string of the molecule is CCOC(=O)Cc1c(C)n(C(=O)c2ccc(F)c(F)c2)c2ccc(O)cc12. The van der Waals surface area contributed by atoms with Crippen LogP contribution in [0.2, 0.25) is 0 Å². The first-order chi connectivity index (χ1) is 12.8. The molecule has 0 unspecified atom stereocenters. The van der Waals surface area contributed by atoms with Crippen LogP contribution in [0.25, 0.3) is 10.9 Å². The molecule has 7 heteroatoms. The highest BCUT2D eigenvalue weighted by Crippen LogP contribution is 2.30. The molecule has 5 nitrogen and oxygen atoms in total. The van der Waals surface area contributed by atoms with E-state index >= 15 is 0 Å². The second-order valence-electron chi connectivity index (χ2n) is 6.02. The first kappa shape index (κ1) is 18.6. The maximum atomic E-state index is 13.6. The molecule has 140 valence electrons. The molecule has 1 aromatic heterocycles. The Morgan fingerprint density at radius 1 is 1.11 bits per heavy atom. The number of rotatable bonds is 4. The quantitative estimate of drug-likeness (QED) is 0.708. The van der Waals surface area contributed by atoms with Gasteiger partial charge in [-0.25, -0.2) is 8.78 Å². The number of halogens is 2. The minimum Gasteiger partial charge on any atom is -0.508 e. The van der Waals surface area contributed by atoms with Crippen molar-refractivity contribution in [2.75, 3.05) is 6.61 Å². The lowest BCUT2D eigenvalue weighted by Gasteiger charge is -2.08. The molecule has 2 aromatic carbocycles. The number of carbonyl (C=O) groups is 2. The average molecular weight is 373 g/mol. The molecule has 0 aliphatic carbocycles. The van der Waals surface area contributed by atoms with Crippen LogP contribution in [0, 0.1) is 18.6 Å². The predicted molar refractivity (Wildman–Crippen MR) is 94.8 cm³/mol. The number of nitrogens with zero attached hydrogens (tertiary/aromatic N) is 1. The Labute approximate surface area is 153 Å². The minimum atomic E-state index is -1.13. The van der Waals surface area contributed by atoms with Gasteiger partial charge in [0, 0.05) is 16.6 Å². The van der Waals surface area contributed by atoms with Crippen molar-refractivity contribution in [1.82, 2.24) is 4.57 Å². The average Bonchev–Trinajstić information content (AvgIpc) is 2.88. The molecule has 0 spiro atoms. The predicted octanol–water partition coefficient (Wildman–Crippen LogP) is 3.73. The highest BCUT2D eigenvalue weighted by atomic mass is 19.2. The molecular formula is C20H17F2NO4. The number of hydrogen-bond donors (Lipinski definition) is 1. The fraction of sp³-hybridized carbons (Fsp3) is 0.200. The molecule has 27 heavy (non-hydrogen) atoms. The summed E-state index contributed by atoms with van der Waals surface area (Å²) >= 11 is 0. The van der Waals surface area contributed by atoms with Gasteiger partial charge < -0.3 is 9.84 Å². The zero-order chi connectivity index (χ0) is 19.7. The summed E-state index contributed by atoms with van der Waals surface area (Å²) in [7, 11) is 0. The highest BCUT2D eigenvalue weighted by molar-refractivity contribution is 6.04. The number of esters is 1. The first-order valence-corrected chi connectivity index (χ1v) is 8.31. The van der Waals surface area contributed by atoms with E-state index in [-0.39, 0.29) is 24.3 Å². The summed E-state index contributed by atoms with van der Waals surface area (Å²) in [6.07, 6.45) is -0.0856. The maximum Gasteiger partial charge on any atom is 0.310 e. The third kappa shape index (κ3) is 3.40. The summed E-state index contributed by atoms with van der Waals surface area (Å²) < 4.78 is 33.0. The first-order valence-electron chi connectivity index (χ1n) is 8.31. The van der Waals surface area contributed by atoms with Gasteiger partial charge in [-0.1, -0.05) is 0 Å². The normalized spacial score (nSPS) is 11.0. The van der Waals surface area contributed by atoms with Crippen LogP contribution in [0.15, 0.2) is 36.4 Å². The van der Waals surface area contributed by atoms with Crippen LogP contribution in [0.1, 0.15) is 28.5 Å². The third-order valence-electron chi connectivity index (χ3n) is 4.31. The minimum absolute atomic E-state index is 0.0231. The number of carbonyl (C=O) groups excluding carboxylic acids is 2. The van der Waals surface area contributed by atoms with Crippen LogP contribution in [-0.2, 0) is 16.0 Å². The van der Waals surface area contributed by atoms with E-state index in [4.69, 9.17) is 4.74 Å². The number of phenols is 1. The number of ether oxygens (including phenoxy) is 1. The number of fused-ring (bicyclic) bond motifs is 1. The van der Waals surface area contributed by atoms with Crippen molar-refractivity contribution in [3.05, 3.63) is 64.9 Å². The molecule has 1 heterocycles. The Bertz CT molecular complexity index is 1060. The van der Waals surface area contributed by atoms with Gasteiger partial charge in [-0.2, -0.15) is 0 Å². The van der Waals surface area contributed by atoms with Gasteiger partial charge in [0.1, 0.15) is 5.75 Å². The topological polar surface area (TPSA) is 68.5 Å². The van der Waals surface area contributed by atoms with Crippen LogP contribution in [0.4, 0.5) is 8.78 Å². The largest absolute Gasteiger partial charge is 0.508 e. The van der Waals surface area contributed by atoms with E-state index in [2.05, 4.69) is 0 Å². The van der Waals surface area contributed by atoms with Crippen LogP contribution in [-0.4, -0.2) is 28.2 Å². The number of aromatic nitrogens is 1. The summed E-state index contributed by atoms with van der Waals surface area (Å²) in [5, 5.41) is 10.3. The lowest BCUT2D eigenvalue weighted by atomic mass is 10.1. The second kappa shape index (κ2) is 7.19. The van der Waals surface area contributed by atoms with Crippen molar-refractivity contribution in [3.8, 4) is 5.75 Å². The molecule has 0 bridgehead atoms. The number of aromatic hydroxyl groups is 1. The van der Waals surface area contributed by atoms with Crippen molar-refractivity contribution < 1.29 is 28.2 Å². The monoisotopic (exact) mass is 373 g/mol. The number of phenolic OH excluding ortho intramolecular Hbond substituents is 1. The zero-order valence-corrected chi connectivity index (χ0v) is 14.8. The molecule has 0 amide bonds. The van der Waals surface area contributed by atoms with Gasteiger partial charge in [0.2, 0.25) is 0 Å². The Morgan fingerprint density at radius 3 is 2.52 bits per heavy atom. The lowest BCUT2D eigenvalue weighted by Crippen LogP contribution is -2.15. The van der Waals surface area contributed by atoms with E-state index < -0.39 is 23.5 Å². The van der Waals surface area contributed by atoms with Crippen molar-refractivity contribution in [2.24, 2.45) is 0 Å². The smallest absolute Gasteiger partial charge is 0.310 e. The lowest BCUT2D eigenvalue weighted by molar-refractivity contribution is -0.142. The molecular weight excluding hydrogens is 356 g/mol. The van der Waals surface area contributed by atoms with Crippen molar-refractivity contribution in [3.63, 3.8) is 0 Å². The van der Waals surface area contributed by atoms with Gasteiger partial charge >= 0.3 is 5.97 Å². The van der Waals surface area contributed by atoms with Crippen LogP contribution in [0.5, 0.6) is 5.75 Å². The molecule has 1 N–H and O–H groups in total. The molecule has 3 aromatic rings. The van der Waals surface area contributed by atoms with Gasteiger partial charge in [0.05, 0.1) is 18.5 Å². The third-order valence-corrected chi connectivity index (χ3v) is 4.31. The van der Waals surface area contributed by atoms with Crippen molar-refractivity contribution >= 4 is 22.8 Å². The second-order valence-corrected chi connectivity index (χ2v) is 6.02. The summed E-state index contributed by atoms with van der Waals surface area (Å²) in [6.45, 7) is 3.55. The molecule has 0 atom stereocenters. The molecule has 3 rings (SSSR count). The van der Waals surface area contributed by atoms with Gasteiger partial charge in [-0.15, -0.1) is 0 Å². The van der Waals surface area contributed by atoms with Gasteiger partial charge in [-0.3, -0.25) is 14.2 Å². The summed E-state index contributed by atoms with van der Waals surface area (Å²) in [5.41, 5.74) is 1.39. The fourth-order valence-corrected chi connectivity index (χ4v) is 3.07. The van der Waals surface area contributed by atoms with Gasteiger partial charge in [0.25, 0.3) is 5.91 Å². The molecule has 0 aliphatic heterocycles.